The van der Waals surface area contributed by atoms with E-state index in [-0.39, 0.29) is 6.09 Å². The van der Waals surface area contributed by atoms with Gasteiger partial charge in [-0.2, -0.15) is 0 Å². The van der Waals surface area contributed by atoms with Crippen molar-refractivity contribution in [2.45, 2.75) is 26.4 Å². The highest BCUT2D eigenvalue weighted by molar-refractivity contribution is 5.67. The molecule has 0 aliphatic heterocycles. The van der Waals surface area contributed by atoms with Gasteiger partial charge in [0.05, 0.1) is 0 Å². The molecule has 100 valence electrons. The zero-order chi connectivity index (χ0) is 13.5. The van der Waals surface area contributed by atoms with E-state index in [2.05, 4.69) is 26.0 Å². The summed E-state index contributed by atoms with van der Waals surface area (Å²) in [5, 5.41) is 0. The number of hydrogen-bond donors (Lipinski definition) is 1. The number of likely N-dealkylation sites (N-methyl/N-ethyl adjacent to an activating group) is 1. The molecule has 1 rings (SSSR count). The van der Waals surface area contributed by atoms with E-state index in [0.717, 1.165) is 5.56 Å². The van der Waals surface area contributed by atoms with Gasteiger partial charge in [-0.15, -0.1) is 0 Å². The number of amides is 1. The number of ether oxygens (including phenoxy) is 1. The summed E-state index contributed by atoms with van der Waals surface area (Å²) in [4.78, 5) is 13.0. The number of nitrogens with zero attached hydrogens (tertiary/aromatic N) is 1. The molecule has 4 nitrogen and oxygen atoms in total. The van der Waals surface area contributed by atoms with Crippen LogP contribution in [0.25, 0.3) is 0 Å². The lowest BCUT2D eigenvalue weighted by atomic mass is 10.0. The third-order valence-corrected chi connectivity index (χ3v) is 2.78. The van der Waals surface area contributed by atoms with Crippen molar-refractivity contribution in [3.05, 3.63) is 35.4 Å². The lowest BCUT2D eigenvalue weighted by molar-refractivity contribution is 0.105. The fourth-order valence-corrected chi connectivity index (χ4v) is 1.54. The predicted octanol–water partition coefficient (Wildman–Crippen LogP) is 2.34. The summed E-state index contributed by atoms with van der Waals surface area (Å²) in [7, 11) is 1.68. The summed E-state index contributed by atoms with van der Waals surface area (Å²) >= 11 is 0. The smallest absolute Gasteiger partial charge is 0.409 e. The molecule has 0 radical (unpaired) electrons. The molecule has 0 atom stereocenters. The van der Waals surface area contributed by atoms with Gasteiger partial charge in [-0.25, -0.2) is 4.79 Å². The molecular weight excluding hydrogens is 228 g/mol. The molecular formula is C14H22N2O2. The first-order chi connectivity index (χ1) is 8.54. The monoisotopic (exact) mass is 250 g/mol. The Morgan fingerprint density at radius 1 is 1.33 bits per heavy atom. The number of rotatable bonds is 5. The summed E-state index contributed by atoms with van der Waals surface area (Å²) < 4.78 is 5.17. The first-order valence-electron chi connectivity index (χ1n) is 6.21. The van der Waals surface area contributed by atoms with Gasteiger partial charge in [0.25, 0.3) is 0 Å². The Hall–Kier alpha value is -1.55. The van der Waals surface area contributed by atoms with Crippen molar-refractivity contribution in [2.75, 3.05) is 20.1 Å². The molecule has 0 fully saturated rings. The first-order valence-corrected chi connectivity index (χ1v) is 6.21. The van der Waals surface area contributed by atoms with Crippen LogP contribution >= 0.6 is 0 Å². The third kappa shape index (κ3) is 4.37. The van der Waals surface area contributed by atoms with Crippen LogP contribution in [-0.4, -0.2) is 31.1 Å². The normalized spacial score (nSPS) is 10.5. The predicted molar refractivity (Wildman–Crippen MR) is 72.4 cm³/mol. The second kappa shape index (κ2) is 7.01. The maximum Gasteiger partial charge on any atom is 0.409 e. The molecule has 0 unspecified atom stereocenters. The van der Waals surface area contributed by atoms with Crippen LogP contribution in [0, 0.1) is 0 Å². The molecule has 4 heteroatoms. The van der Waals surface area contributed by atoms with Gasteiger partial charge in [0.15, 0.2) is 0 Å². The zero-order valence-corrected chi connectivity index (χ0v) is 11.3. The number of carbonyl (C=O) groups excluding carboxylic acids is 1. The van der Waals surface area contributed by atoms with Crippen molar-refractivity contribution in [3.8, 4) is 0 Å². The van der Waals surface area contributed by atoms with E-state index in [0.29, 0.717) is 25.6 Å². The van der Waals surface area contributed by atoms with E-state index in [1.807, 2.05) is 12.1 Å². The van der Waals surface area contributed by atoms with Gasteiger partial charge in [-0.05, 0) is 17.0 Å². The van der Waals surface area contributed by atoms with Crippen molar-refractivity contribution in [2.24, 2.45) is 5.73 Å². The molecule has 0 aromatic heterocycles. The molecule has 2 N–H and O–H groups in total. The van der Waals surface area contributed by atoms with E-state index >= 15 is 0 Å². The molecule has 0 heterocycles. The Balaban J connectivity index is 2.46. The van der Waals surface area contributed by atoms with Gasteiger partial charge in [0.2, 0.25) is 0 Å². The molecule has 1 aromatic carbocycles. The van der Waals surface area contributed by atoms with Gasteiger partial charge in [0, 0.05) is 20.1 Å². The van der Waals surface area contributed by atoms with Crippen molar-refractivity contribution in [1.82, 2.24) is 4.90 Å². The Morgan fingerprint density at radius 3 is 2.44 bits per heavy atom. The average Bonchev–Trinajstić information content (AvgIpc) is 2.36. The average molecular weight is 250 g/mol. The summed E-state index contributed by atoms with van der Waals surface area (Å²) in [5.74, 6) is 0.511. The Labute approximate surface area is 109 Å². The van der Waals surface area contributed by atoms with Crippen molar-refractivity contribution >= 4 is 6.09 Å². The van der Waals surface area contributed by atoms with Gasteiger partial charge in [-0.3, -0.25) is 0 Å². The number of benzene rings is 1. The highest BCUT2D eigenvalue weighted by Gasteiger charge is 2.08. The van der Waals surface area contributed by atoms with Crippen LogP contribution in [0.3, 0.4) is 0 Å². The lowest BCUT2D eigenvalue weighted by Crippen LogP contribution is -2.32. The molecule has 0 saturated heterocycles. The fraction of sp³-hybridized carbons (Fsp3) is 0.500. The van der Waals surface area contributed by atoms with Crippen LogP contribution < -0.4 is 5.73 Å². The summed E-state index contributed by atoms with van der Waals surface area (Å²) in [6.07, 6.45) is -0.339. The minimum atomic E-state index is -0.339. The van der Waals surface area contributed by atoms with Gasteiger partial charge < -0.3 is 15.4 Å². The van der Waals surface area contributed by atoms with Gasteiger partial charge >= 0.3 is 6.09 Å². The summed E-state index contributed by atoms with van der Waals surface area (Å²) in [6, 6.07) is 8.12. The molecule has 0 saturated carbocycles. The van der Waals surface area contributed by atoms with Crippen LogP contribution in [0.5, 0.6) is 0 Å². The summed E-state index contributed by atoms with van der Waals surface area (Å²) in [5.41, 5.74) is 7.65. The molecule has 0 bridgehead atoms. The quantitative estimate of drug-likeness (QED) is 0.872. The molecule has 1 aromatic rings. The molecule has 0 aliphatic carbocycles. The van der Waals surface area contributed by atoms with Crippen LogP contribution in [0.15, 0.2) is 24.3 Å². The number of carbonyl (C=O) groups is 1. The Morgan fingerprint density at radius 2 is 1.94 bits per heavy atom. The minimum Gasteiger partial charge on any atom is -0.445 e. The van der Waals surface area contributed by atoms with Crippen molar-refractivity contribution in [1.29, 1.82) is 0 Å². The minimum absolute atomic E-state index is 0.298. The molecule has 18 heavy (non-hydrogen) atoms. The van der Waals surface area contributed by atoms with Crippen molar-refractivity contribution < 1.29 is 9.53 Å². The van der Waals surface area contributed by atoms with E-state index in [4.69, 9.17) is 10.5 Å². The number of hydrogen-bond acceptors (Lipinski definition) is 3. The second-order valence-electron chi connectivity index (χ2n) is 4.66. The largest absolute Gasteiger partial charge is 0.445 e. The van der Waals surface area contributed by atoms with Crippen LogP contribution in [-0.2, 0) is 11.3 Å². The highest BCUT2D eigenvalue weighted by Crippen LogP contribution is 2.15. The maximum absolute atomic E-state index is 11.5. The third-order valence-electron chi connectivity index (χ3n) is 2.78. The van der Waals surface area contributed by atoms with E-state index in [9.17, 15) is 4.79 Å². The molecule has 0 aliphatic rings. The van der Waals surface area contributed by atoms with Gasteiger partial charge in [-0.1, -0.05) is 38.1 Å². The van der Waals surface area contributed by atoms with Gasteiger partial charge in [0.1, 0.15) is 6.61 Å². The summed E-state index contributed by atoms with van der Waals surface area (Å²) in [6.45, 7) is 5.54. The Kier molecular flexibility index (Phi) is 5.65. The van der Waals surface area contributed by atoms with Crippen molar-refractivity contribution in [3.63, 3.8) is 0 Å². The van der Waals surface area contributed by atoms with E-state index in [1.54, 1.807) is 7.05 Å². The lowest BCUT2D eigenvalue weighted by Gasteiger charge is -2.15. The maximum atomic E-state index is 11.5. The first kappa shape index (κ1) is 14.5. The molecule has 1 amide bonds. The highest BCUT2D eigenvalue weighted by atomic mass is 16.6. The van der Waals surface area contributed by atoms with Crippen LogP contribution in [0.1, 0.15) is 30.9 Å². The number of nitrogens with two attached hydrogens (primary N) is 1. The van der Waals surface area contributed by atoms with Crippen LogP contribution in [0.4, 0.5) is 4.79 Å². The SMILES string of the molecule is CC(C)c1ccc(COC(=O)N(C)CCN)cc1. The second-order valence-corrected chi connectivity index (χ2v) is 4.66. The van der Waals surface area contributed by atoms with E-state index in [1.165, 1.54) is 10.5 Å². The topological polar surface area (TPSA) is 55.6 Å². The Bertz CT molecular complexity index is 374. The molecule has 0 spiro atoms. The zero-order valence-electron chi connectivity index (χ0n) is 11.3. The standard InChI is InChI=1S/C14H22N2O2/c1-11(2)13-6-4-12(5-7-13)10-18-14(17)16(3)9-8-15/h4-7,11H,8-10,15H2,1-3H3. The fourth-order valence-electron chi connectivity index (χ4n) is 1.54. The van der Waals surface area contributed by atoms with E-state index < -0.39 is 0 Å². The van der Waals surface area contributed by atoms with Crippen LogP contribution in [0.2, 0.25) is 0 Å².